The van der Waals surface area contributed by atoms with Crippen LogP contribution in [0.25, 0.3) is 0 Å². The Hall–Kier alpha value is -1.84. The molecule has 1 aromatic heterocycles. The molecule has 0 spiro atoms. The van der Waals surface area contributed by atoms with E-state index in [2.05, 4.69) is 10.5 Å². The van der Waals surface area contributed by atoms with Crippen molar-refractivity contribution in [2.24, 2.45) is 0 Å². The minimum atomic E-state index is -0.224. The maximum absolute atomic E-state index is 13.1. The van der Waals surface area contributed by atoms with Crippen LogP contribution in [0.1, 0.15) is 16.9 Å². The summed E-state index contributed by atoms with van der Waals surface area (Å²) < 4.78 is 18.2. The molecule has 0 bridgehead atoms. The molecule has 1 aromatic carbocycles. The third-order valence-corrected chi connectivity index (χ3v) is 2.62. The fourth-order valence-electron chi connectivity index (χ4n) is 1.82. The van der Waals surface area contributed by atoms with Crippen molar-refractivity contribution in [3.8, 4) is 0 Å². The molecule has 3 rings (SSSR count). The summed E-state index contributed by atoms with van der Waals surface area (Å²) >= 11 is 0. The second-order valence-corrected chi connectivity index (χ2v) is 3.61. The van der Waals surface area contributed by atoms with Crippen LogP contribution in [0.4, 0.5) is 10.1 Å². The molecule has 0 fully saturated rings. The Bertz CT molecular complexity index is 507. The molecule has 0 saturated carbocycles. The highest BCUT2D eigenvalue weighted by molar-refractivity contribution is 5.54. The maximum Gasteiger partial charge on any atom is 0.146 e. The van der Waals surface area contributed by atoms with E-state index in [1.165, 1.54) is 12.1 Å². The highest BCUT2D eigenvalue weighted by atomic mass is 19.1. The van der Waals surface area contributed by atoms with Crippen LogP contribution in [-0.4, -0.2) is 5.16 Å². The van der Waals surface area contributed by atoms with Gasteiger partial charge >= 0.3 is 0 Å². The van der Waals surface area contributed by atoms with Crippen LogP contribution in [-0.2, 0) is 13.0 Å². The molecule has 2 heterocycles. The second kappa shape index (κ2) is 3.08. The van der Waals surface area contributed by atoms with E-state index >= 15 is 0 Å². The molecule has 1 N–H and O–H groups in total. The van der Waals surface area contributed by atoms with Gasteiger partial charge in [0.15, 0.2) is 0 Å². The molecule has 15 heavy (non-hydrogen) atoms. The van der Waals surface area contributed by atoms with Crippen molar-refractivity contribution in [3.63, 3.8) is 0 Å². The average Bonchev–Trinajstić information content (AvgIpc) is 2.58. The molecule has 1 aliphatic heterocycles. The van der Waals surface area contributed by atoms with Crippen LogP contribution >= 0.6 is 0 Å². The second-order valence-electron chi connectivity index (χ2n) is 3.61. The first kappa shape index (κ1) is 8.47. The summed E-state index contributed by atoms with van der Waals surface area (Å²) in [7, 11) is 0. The van der Waals surface area contributed by atoms with Gasteiger partial charge in [-0.05, 0) is 23.8 Å². The van der Waals surface area contributed by atoms with Crippen LogP contribution in [0, 0.1) is 5.82 Å². The normalized spacial score (nSPS) is 13.7. The van der Waals surface area contributed by atoms with E-state index < -0.39 is 0 Å². The Morgan fingerprint density at radius 3 is 3.20 bits per heavy atom. The summed E-state index contributed by atoms with van der Waals surface area (Å²) in [5, 5.41) is 6.96. The quantitative estimate of drug-likeness (QED) is 0.715. The number of hydrogen-bond donors (Lipinski definition) is 1. The number of rotatable bonds is 0. The zero-order valence-electron chi connectivity index (χ0n) is 7.96. The SMILES string of the molecule is Fc1ccc2c(c1)Cc1oncc1CN2. The number of halogens is 1. The van der Waals surface area contributed by atoms with E-state index in [4.69, 9.17) is 4.52 Å². The topological polar surface area (TPSA) is 38.1 Å². The van der Waals surface area contributed by atoms with E-state index in [-0.39, 0.29) is 5.82 Å². The van der Waals surface area contributed by atoms with Crippen LogP contribution in [0.3, 0.4) is 0 Å². The fraction of sp³-hybridized carbons (Fsp3) is 0.182. The molecule has 0 atom stereocenters. The molecule has 1 aliphatic rings. The van der Waals surface area contributed by atoms with Crippen molar-refractivity contribution in [2.45, 2.75) is 13.0 Å². The van der Waals surface area contributed by atoms with Gasteiger partial charge in [0, 0.05) is 24.2 Å². The van der Waals surface area contributed by atoms with Crippen molar-refractivity contribution in [2.75, 3.05) is 5.32 Å². The first-order valence-corrected chi connectivity index (χ1v) is 4.77. The predicted octanol–water partition coefficient (Wildman–Crippen LogP) is 2.33. The van der Waals surface area contributed by atoms with Crippen LogP contribution in [0.2, 0.25) is 0 Å². The standard InChI is InChI=1S/C11H9FN2O/c12-9-1-2-10-7(3-9)4-11-8(5-13-10)6-14-15-11/h1-3,6,13H,4-5H2. The largest absolute Gasteiger partial charge is 0.381 e. The van der Waals surface area contributed by atoms with E-state index in [1.807, 2.05) is 0 Å². The van der Waals surface area contributed by atoms with Gasteiger partial charge in [-0.1, -0.05) is 5.16 Å². The minimum Gasteiger partial charge on any atom is -0.381 e. The van der Waals surface area contributed by atoms with E-state index in [0.717, 1.165) is 22.6 Å². The Morgan fingerprint density at radius 2 is 2.27 bits per heavy atom. The minimum absolute atomic E-state index is 0.224. The first-order valence-electron chi connectivity index (χ1n) is 4.77. The fourth-order valence-corrected chi connectivity index (χ4v) is 1.82. The number of aromatic nitrogens is 1. The number of nitrogens with one attached hydrogen (secondary N) is 1. The third-order valence-electron chi connectivity index (χ3n) is 2.62. The van der Waals surface area contributed by atoms with Crippen LogP contribution in [0.15, 0.2) is 28.9 Å². The number of fused-ring (bicyclic) bond motifs is 2. The predicted molar refractivity (Wildman–Crippen MR) is 53.0 cm³/mol. The van der Waals surface area contributed by atoms with Crippen molar-refractivity contribution < 1.29 is 8.91 Å². The van der Waals surface area contributed by atoms with Gasteiger partial charge in [-0.25, -0.2) is 4.39 Å². The van der Waals surface area contributed by atoms with Gasteiger partial charge in [-0.15, -0.1) is 0 Å². The van der Waals surface area contributed by atoms with Crippen molar-refractivity contribution in [3.05, 3.63) is 47.1 Å². The zero-order chi connectivity index (χ0) is 10.3. The molecule has 0 aliphatic carbocycles. The highest BCUT2D eigenvalue weighted by Gasteiger charge is 2.16. The number of hydrogen-bond acceptors (Lipinski definition) is 3. The van der Waals surface area contributed by atoms with Gasteiger partial charge in [0.1, 0.15) is 11.6 Å². The van der Waals surface area contributed by atoms with Gasteiger partial charge in [0.25, 0.3) is 0 Å². The number of nitrogens with zero attached hydrogens (tertiary/aromatic N) is 1. The Labute approximate surface area is 85.9 Å². The molecular formula is C11H9FN2O. The summed E-state index contributed by atoms with van der Waals surface area (Å²) in [4.78, 5) is 0. The molecule has 3 nitrogen and oxygen atoms in total. The first-order chi connectivity index (χ1) is 7.33. The van der Waals surface area contributed by atoms with E-state index in [1.54, 1.807) is 12.3 Å². The third kappa shape index (κ3) is 1.38. The average molecular weight is 204 g/mol. The lowest BCUT2D eigenvalue weighted by Gasteiger charge is -2.06. The van der Waals surface area contributed by atoms with Gasteiger partial charge in [-0.3, -0.25) is 0 Å². The smallest absolute Gasteiger partial charge is 0.146 e. The monoisotopic (exact) mass is 204 g/mol. The van der Waals surface area contributed by atoms with E-state index in [0.29, 0.717) is 13.0 Å². The van der Waals surface area contributed by atoms with Gasteiger partial charge < -0.3 is 9.84 Å². The number of anilines is 1. The molecule has 0 unspecified atom stereocenters. The Balaban J connectivity index is 2.10. The van der Waals surface area contributed by atoms with Crippen molar-refractivity contribution >= 4 is 5.69 Å². The molecule has 0 radical (unpaired) electrons. The lowest BCUT2D eigenvalue weighted by Crippen LogP contribution is -1.98. The van der Waals surface area contributed by atoms with Gasteiger partial charge in [0.05, 0.1) is 6.20 Å². The van der Waals surface area contributed by atoms with Gasteiger partial charge in [0.2, 0.25) is 0 Å². The summed E-state index contributed by atoms with van der Waals surface area (Å²) in [5.41, 5.74) is 2.90. The lowest BCUT2D eigenvalue weighted by atomic mass is 10.1. The number of benzene rings is 1. The van der Waals surface area contributed by atoms with Gasteiger partial charge in [-0.2, -0.15) is 0 Å². The summed E-state index contributed by atoms with van der Waals surface area (Å²) in [5.74, 6) is 0.588. The highest BCUT2D eigenvalue weighted by Crippen LogP contribution is 2.26. The summed E-state index contributed by atoms with van der Waals surface area (Å²) in [6.45, 7) is 0.678. The summed E-state index contributed by atoms with van der Waals surface area (Å²) in [6, 6.07) is 4.74. The Kier molecular flexibility index (Phi) is 1.74. The van der Waals surface area contributed by atoms with Crippen molar-refractivity contribution in [1.29, 1.82) is 0 Å². The zero-order valence-corrected chi connectivity index (χ0v) is 7.96. The summed E-state index contributed by atoms with van der Waals surface area (Å²) in [6.07, 6.45) is 2.29. The van der Waals surface area contributed by atoms with E-state index in [9.17, 15) is 4.39 Å². The lowest BCUT2D eigenvalue weighted by molar-refractivity contribution is 0.388. The van der Waals surface area contributed by atoms with Crippen LogP contribution < -0.4 is 5.32 Å². The molecule has 4 heteroatoms. The molecular weight excluding hydrogens is 195 g/mol. The maximum atomic E-state index is 13.1. The molecule has 0 amide bonds. The van der Waals surface area contributed by atoms with Crippen LogP contribution in [0.5, 0.6) is 0 Å². The molecule has 2 aromatic rings. The molecule has 0 saturated heterocycles. The Morgan fingerprint density at radius 1 is 1.33 bits per heavy atom. The molecule has 76 valence electrons. The van der Waals surface area contributed by atoms with Crippen molar-refractivity contribution in [1.82, 2.24) is 5.16 Å².